The molecule has 1 fully saturated rings. The molecule has 1 saturated heterocycles. The molecule has 4 heteroatoms. The summed E-state index contributed by atoms with van der Waals surface area (Å²) >= 11 is 0. The van der Waals surface area contributed by atoms with Crippen LogP contribution in [0.15, 0.2) is 54.6 Å². The van der Waals surface area contributed by atoms with Crippen molar-refractivity contribution in [2.24, 2.45) is 0 Å². The number of amides is 1. The molecule has 102 valence electrons. The third-order valence-electron chi connectivity index (χ3n) is 3.16. The minimum atomic E-state index is -0.370. The van der Waals surface area contributed by atoms with Crippen LogP contribution < -0.4 is 10.1 Å². The fraction of sp³-hybridized carbons (Fsp3) is 0.188. The van der Waals surface area contributed by atoms with E-state index in [0.29, 0.717) is 13.2 Å². The van der Waals surface area contributed by atoms with Crippen molar-refractivity contribution in [2.75, 3.05) is 6.54 Å². The van der Waals surface area contributed by atoms with Gasteiger partial charge in [-0.1, -0.05) is 42.5 Å². The van der Waals surface area contributed by atoms with Gasteiger partial charge < -0.3 is 14.8 Å². The fourth-order valence-electron chi connectivity index (χ4n) is 2.12. The summed E-state index contributed by atoms with van der Waals surface area (Å²) < 4.78 is 10.9. The van der Waals surface area contributed by atoms with Crippen molar-refractivity contribution >= 4 is 6.09 Å². The molecule has 1 aliphatic rings. The van der Waals surface area contributed by atoms with Gasteiger partial charge in [-0.05, 0) is 23.3 Å². The van der Waals surface area contributed by atoms with Crippen LogP contribution in [-0.2, 0) is 11.3 Å². The Morgan fingerprint density at radius 2 is 2.00 bits per heavy atom. The summed E-state index contributed by atoms with van der Waals surface area (Å²) in [6.45, 7) is 1.02. The summed E-state index contributed by atoms with van der Waals surface area (Å²) in [6.07, 6.45) is -0.603. The van der Waals surface area contributed by atoms with E-state index in [1.807, 2.05) is 54.6 Å². The molecule has 1 atom stereocenters. The predicted octanol–water partition coefficient (Wildman–Crippen LogP) is 3.05. The van der Waals surface area contributed by atoms with Gasteiger partial charge in [-0.25, -0.2) is 4.79 Å². The fourth-order valence-corrected chi connectivity index (χ4v) is 2.12. The molecule has 20 heavy (non-hydrogen) atoms. The number of hydrogen-bond donors (Lipinski definition) is 1. The highest BCUT2D eigenvalue weighted by Gasteiger charge is 2.24. The van der Waals surface area contributed by atoms with Crippen molar-refractivity contribution in [3.05, 3.63) is 65.7 Å². The van der Waals surface area contributed by atoms with Crippen molar-refractivity contribution in [3.63, 3.8) is 0 Å². The number of alkyl carbamates (subject to hydrolysis) is 1. The van der Waals surface area contributed by atoms with Crippen molar-refractivity contribution < 1.29 is 14.3 Å². The van der Waals surface area contributed by atoms with Gasteiger partial charge in [-0.3, -0.25) is 0 Å². The van der Waals surface area contributed by atoms with E-state index in [-0.39, 0.29) is 12.2 Å². The van der Waals surface area contributed by atoms with Crippen molar-refractivity contribution in [1.82, 2.24) is 5.32 Å². The van der Waals surface area contributed by atoms with Crippen molar-refractivity contribution in [2.45, 2.75) is 12.7 Å². The highest BCUT2D eigenvalue weighted by Crippen LogP contribution is 2.24. The average molecular weight is 269 g/mol. The number of ether oxygens (including phenoxy) is 2. The zero-order chi connectivity index (χ0) is 13.8. The van der Waals surface area contributed by atoms with Gasteiger partial charge in [0.05, 0.1) is 6.54 Å². The number of carbonyl (C=O) groups is 1. The Hall–Kier alpha value is -2.49. The van der Waals surface area contributed by atoms with Gasteiger partial charge in [0.15, 0.2) is 0 Å². The van der Waals surface area contributed by atoms with Gasteiger partial charge in [0.25, 0.3) is 0 Å². The number of carbonyl (C=O) groups excluding carboxylic acids is 1. The molecule has 0 bridgehead atoms. The summed E-state index contributed by atoms with van der Waals surface area (Å²) in [6, 6.07) is 17.6. The zero-order valence-electron chi connectivity index (χ0n) is 10.9. The maximum Gasteiger partial charge on any atom is 0.407 e. The van der Waals surface area contributed by atoms with Crippen molar-refractivity contribution in [1.29, 1.82) is 0 Å². The third kappa shape index (κ3) is 2.91. The van der Waals surface area contributed by atoms with Gasteiger partial charge in [0.2, 0.25) is 0 Å². The number of cyclic esters (lactones) is 1. The van der Waals surface area contributed by atoms with Crippen LogP contribution in [0.25, 0.3) is 0 Å². The summed E-state index contributed by atoms with van der Waals surface area (Å²) in [7, 11) is 0. The molecule has 0 spiro atoms. The second-order valence-corrected chi connectivity index (χ2v) is 4.62. The van der Waals surface area contributed by atoms with E-state index in [9.17, 15) is 4.79 Å². The van der Waals surface area contributed by atoms with E-state index in [4.69, 9.17) is 9.47 Å². The molecule has 3 rings (SSSR count). The minimum Gasteiger partial charge on any atom is -0.489 e. The van der Waals surface area contributed by atoms with Crippen LogP contribution in [0.1, 0.15) is 17.2 Å². The Kier molecular flexibility index (Phi) is 3.54. The molecular formula is C16H15NO3. The highest BCUT2D eigenvalue weighted by atomic mass is 16.6. The summed E-state index contributed by atoms with van der Waals surface area (Å²) in [5.74, 6) is 0.773. The van der Waals surface area contributed by atoms with Gasteiger partial charge in [0, 0.05) is 0 Å². The molecule has 0 radical (unpaired) electrons. The Balaban J connectivity index is 1.67. The maximum absolute atomic E-state index is 11.1. The normalized spacial score (nSPS) is 17.4. The Bertz CT molecular complexity index is 598. The number of nitrogens with one attached hydrogen (secondary N) is 1. The summed E-state index contributed by atoms with van der Waals surface area (Å²) in [5.41, 5.74) is 2.06. The van der Waals surface area contributed by atoms with Crippen LogP contribution in [0.2, 0.25) is 0 Å². The topological polar surface area (TPSA) is 47.6 Å². The van der Waals surface area contributed by atoms with Crippen LogP contribution in [0.4, 0.5) is 4.79 Å². The Morgan fingerprint density at radius 3 is 2.75 bits per heavy atom. The monoisotopic (exact) mass is 269 g/mol. The first-order valence-corrected chi connectivity index (χ1v) is 6.52. The Labute approximate surface area is 117 Å². The smallest absolute Gasteiger partial charge is 0.407 e. The summed E-state index contributed by atoms with van der Waals surface area (Å²) in [5, 5.41) is 2.64. The largest absolute Gasteiger partial charge is 0.489 e. The molecule has 0 saturated carbocycles. The van der Waals surface area contributed by atoms with Crippen LogP contribution in [0.5, 0.6) is 5.75 Å². The van der Waals surface area contributed by atoms with Gasteiger partial charge in [0.1, 0.15) is 18.5 Å². The van der Waals surface area contributed by atoms with E-state index in [1.165, 1.54) is 0 Å². The highest BCUT2D eigenvalue weighted by molar-refractivity contribution is 5.69. The molecular weight excluding hydrogens is 254 g/mol. The van der Waals surface area contributed by atoms with Gasteiger partial charge >= 0.3 is 6.09 Å². The second kappa shape index (κ2) is 5.65. The first-order chi connectivity index (χ1) is 9.81. The van der Waals surface area contributed by atoms with Crippen LogP contribution in [0.3, 0.4) is 0 Å². The SMILES string of the molecule is O=C1NCC(c2cccc(OCc3ccccc3)c2)O1. The molecule has 1 heterocycles. The molecule has 0 aliphatic carbocycles. The molecule has 1 unspecified atom stereocenters. The average Bonchev–Trinajstić information content (AvgIpc) is 2.93. The van der Waals surface area contributed by atoms with Crippen molar-refractivity contribution in [3.8, 4) is 5.75 Å². The van der Waals surface area contributed by atoms with Gasteiger partial charge in [-0.2, -0.15) is 0 Å². The van der Waals surface area contributed by atoms with Crippen LogP contribution >= 0.6 is 0 Å². The van der Waals surface area contributed by atoms with E-state index >= 15 is 0 Å². The maximum atomic E-state index is 11.1. The first kappa shape index (κ1) is 12.5. The number of benzene rings is 2. The number of rotatable bonds is 4. The standard InChI is InChI=1S/C16H15NO3/c18-16-17-10-15(20-16)13-7-4-8-14(9-13)19-11-12-5-2-1-3-6-12/h1-9,15H,10-11H2,(H,17,18). The molecule has 2 aromatic carbocycles. The second-order valence-electron chi connectivity index (χ2n) is 4.62. The molecule has 1 aliphatic heterocycles. The van der Waals surface area contributed by atoms with E-state index in [0.717, 1.165) is 16.9 Å². The zero-order valence-corrected chi connectivity index (χ0v) is 10.9. The molecule has 1 amide bonds. The Morgan fingerprint density at radius 1 is 1.15 bits per heavy atom. The lowest BCUT2D eigenvalue weighted by Gasteiger charge is -2.11. The van der Waals surface area contributed by atoms with E-state index < -0.39 is 0 Å². The first-order valence-electron chi connectivity index (χ1n) is 6.52. The minimum absolute atomic E-state index is 0.234. The lowest BCUT2D eigenvalue weighted by molar-refractivity contribution is 0.141. The molecule has 4 nitrogen and oxygen atoms in total. The summed E-state index contributed by atoms with van der Waals surface area (Å²) in [4.78, 5) is 11.1. The van der Waals surface area contributed by atoms with Gasteiger partial charge in [-0.15, -0.1) is 0 Å². The molecule has 0 aromatic heterocycles. The van der Waals surface area contributed by atoms with Crippen LogP contribution in [-0.4, -0.2) is 12.6 Å². The predicted molar refractivity (Wildman–Crippen MR) is 74.4 cm³/mol. The van der Waals surface area contributed by atoms with Crippen LogP contribution in [0, 0.1) is 0 Å². The molecule has 1 N–H and O–H groups in total. The van der Waals surface area contributed by atoms with E-state index in [2.05, 4.69) is 5.32 Å². The quantitative estimate of drug-likeness (QED) is 0.928. The third-order valence-corrected chi connectivity index (χ3v) is 3.16. The van der Waals surface area contributed by atoms with E-state index in [1.54, 1.807) is 0 Å². The number of hydrogen-bond acceptors (Lipinski definition) is 3. The molecule has 2 aromatic rings. The lowest BCUT2D eigenvalue weighted by Crippen LogP contribution is -2.12. The lowest BCUT2D eigenvalue weighted by atomic mass is 10.1.